The van der Waals surface area contributed by atoms with Crippen LogP contribution in [-0.4, -0.2) is 22.3 Å². The molecule has 1 heterocycles. The zero-order valence-electron chi connectivity index (χ0n) is 10.4. The van der Waals surface area contributed by atoms with Crippen LogP contribution in [-0.2, 0) is 6.61 Å². The van der Waals surface area contributed by atoms with E-state index in [0.717, 1.165) is 11.3 Å². The first kappa shape index (κ1) is 13.2. The Kier molecular flexibility index (Phi) is 4.25. The summed E-state index contributed by atoms with van der Waals surface area (Å²) in [6.07, 6.45) is 1.52. The van der Waals surface area contributed by atoms with Crippen molar-refractivity contribution in [3.05, 3.63) is 47.7 Å². The molecule has 5 nitrogen and oxygen atoms in total. The van der Waals surface area contributed by atoms with Crippen molar-refractivity contribution in [2.75, 3.05) is 7.11 Å². The molecule has 6 heteroatoms. The quantitative estimate of drug-likeness (QED) is 0.837. The molecule has 0 amide bonds. The van der Waals surface area contributed by atoms with Gasteiger partial charge >= 0.3 is 0 Å². The van der Waals surface area contributed by atoms with Gasteiger partial charge in [-0.3, -0.25) is 0 Å². The summed E-state index contributed by atoms with van der Waals surface area (Å²) in [6, 6.07) is 9.23. The molecule has 0 aliphatic heterocycles. The fraction of sp³-hybridized carbons (Fsp3) is 0.154. The van der Waals surface area contributed by atoms with Crippen LogP contribution < -0.4 is 15.2 Å². The molecule has 0 spiro atoms. The number of aromatic nitrogens is 2. The van der Waals surface area contributed by atoms with Crippen LogP contribution in [0.15, 0.2) is 36.5 Å². The Hall–Kier alpha value is -2.21. The van der Waals surface area contributed by atoms with Crippen LogP contribution >= 0.6 is 12.2 Å². The summed E-state index contributed by atoms with van der Waals surface area (Å²) in [7, 11) is 1.62. The van der Waals surface area contributed by atoms with Gasteiger partial charge in [0.25, 0.3) is 0 Å². The Balaban J connectivity index is 2.07. The molecular weight excluding hydrogens is 262 g/mol. The summed E-state index contributed by atoms with van der Waals surface area (Å²) < 4.78 is 10.7. The predicted molar refractivity (Wildman–Crippen MR) is 75.2 cm³/mol. The van der Waals surface area contributed by atoms with E-state index in [1.165, 1.54) is 6.20 Å². The maximum atomic E-state index is 5.59. The Labute approximate surface area is 116 Å². The van der Waals surface area contributed by atoms with E-state index in [9.17, 15) is 0 Å². The van der Waals surface area contributed by atoms with E-state index in [0.29, 0.717) is 18.1 Å². The molecule has 0 saturated carbocycles. The predicted octanol–water partition coefficient (Wildman–Crippen LogP) is 1.70. The second kappa shape index (κ2) is 6.10. The van der Waals surface area contributed by atoms with Gasteiger partial charge in [0.05, 0.1) is 18.9 Å². The van der Waals surface area contributed by atoms with Crippen molar-refractivity contribution in [2.24, 2.45) is 5.73 Å². The summed E-state index contributed by atoms with van der Waals surface area (Å²) in [5.74, 6) is 1.14. The van der Waals surface area contributed by atoms with Gasteiger partial charge in [-0.05, 0) is 23.8 Å². The highest BCUT2D eigenvalue weighted by Gasteiger charge is 2.08. The SMILES string of the molecule is COc1ccc(COc2nnccc2C(N)=S)cc1. The fourth-order valence-electron chi connectivity index (χ4n) is 1.49. The molecule has 0 unspecified atom stereocenters. The molecule has 19 heavy (non-hydrogen) atoms. The van der Waals surface area contributed by atoms with E-state index in [1.54, 1.807) is 13.2 Å². The van der Waals surface area contributed by atoms with Crippen molar-refractivity contribution >= 4 is 17.2 Å². The summed E-state index contributed by atoms with van der Waals surface area (Å²) in [6.45, 7) is 0.359. The summed E-state index contributed by atoms with van der Waals surface area (Å²) >= 11 is 4.93. The normalized spacial score (nSPS) is 9.95. The van der Waals surface area contributed by atoms with Crippen molar-refractivity contribution in [3.8, 4) is 11.6 Å². The van der Waals surface area contributed by atoms with Gasteiger partial charge in [-0.1, -0.05) is 24.4 Å². The molecule has 0 radical (unpaired) electrons. The number of hydrogen-bond donors (Lipinski definition) is 1. The summed E-state index contributed by atoms with van der Waals surface area (Å²) in [4.78, 5) is 0.236. The van der Waals surface area contributed by atoms with Gasteiger partial charge in [-0.25, -0.2) is 0 Å². The lowest BCUT2D eigenvalue weighted by atomic mass is 10.2. The van der Waals surface area contributed by atoms with E-state index in [4.69, 9.17) is 27.4 Å². The number of benzene rings is 1. The minimum absolute atomic E-state index is 0.236. The third-order valence-corrected chi connectivity index (χ3v) is 2.71. The van der Waals surface area contributed by atoms with Gasteiger partial charge < -0.3 is 15.2 Å². The minimum Gasteiger partial charge on any atom is -0.497 e. The number of hydrogen-bond acceptors (Lipinski definition) is 5. The molecule has 1 aromatic heterocycles. The zero-order valence-corrected chi connectivity index (χ0v) is 11.2. The van der Waals surface area contributed by atoms with Gasteiger partial charge in [-0.15, -0.1) is 5.10 Å². The van der Waals surface area contributed by atoms with Crippen LogP contribution in [0.4, 0.5) is 0 Å². The van der Waals surface area contributed by atoms with Gasteiger partial charge in [0.2, 0.25) is 5.88 Å². The molecule has 0 atom stereocenters. The maximum Gasteiger partial charge on any atom is 0.244 e. The van der Waals surface area contributed by atoms with Crippen molar-refractivity contribution < 1.29 is 9.47 Å². The highest BCUT2D eigenvalue weighted by atomic mass is 32.1. The minimum atomic E-state index is 0.236. The van der Waals surface area contributed by atoms with Crippen molar-refractivity contribution in [1.82, 2.24) is 10.2 Å². The molecule has 0 aliphatic carbocycles. The average Bonchev–Trinajstić information content (AvgIpc) is 2.46. The van der Waals surface area contributed by atoms with E-state index >= 15 is 0 Å². The van der Waals surface area contributed by atoms with Crippen molar-refractivity contribution in [1.29, 1.82) is 0 Å². The Morgan fingerprint density at radius 3 is 2.63 bits per heavy atom. The second-order valence-corrected chi connectivity index (χ2v) is 4.19. The molecule has 0 saturated heterocycles. The highest BCUT2D eigenvalue weighted by molar-refractivity contribution is 7.80. The number of ether oxygens (including phenoxy) is 2. The summed E-state index contributed by atoms with van der Waals surface area (Å²) in [5.41, 5.74) is 7.16. The first-order valence-electron chi connectivity index (χ1n) is 5.58. The maximum absolute atomic E-state index is 5.59. The zero-order chi connectivity index (χ0) is 13.7. The van der Waals surface area contributed by atoms with E-state index in [-0.39, 0.29) is 4.99 Å². The standard InChI is InChI=1S/C13H13N3O2S/c1-17-10-4-2-9(3-5-10)8-18-13-11(12(14)19)6-7-15-16-13/h2-7H,8H2,1H3,(H2,14,19). The van der Waals surface area contributed by atoms with Crippen LogP contribution in [0.2, 0.25) is 0 Å². The lowest BCUT2D eigenvalue weighted by molar-refractivity contribution is 0.289. The van der Waals surface area contributed by atoms with E-state index < -0.39 is 0 Å². The molecule has 1 aromatic carbocycles. The number of nitrogens with zero attached hydrogens (tertiary/aromatic N) is 2. The Morgan fingerprint density at radius 2 is 2.00 bits per heavy atom. The van der Waals surface area contributed by atoms with Crippen molar-refractivity contribution in [3.63, 3.8) is 0 Å². The molecule has 98 valence electrons. The largest absolute Gasteiger partial charge is 0.497 e. The fourth-order valence-corrected chi connectivity index (χ4v) is 1.64. The van der Waals surface area contributed by atoms with Crippen LogP contribution in [0.1, 0.15) is 11.1 Å². The first-order chi connectivity index (χ1) is 9.20. The third-order valence-electron chi connectivity index (χ3n) is 2.49. The molecular formula is C13H13N3O2S. The topological polar surface area (TPSA) is 70.3 Å². The molecule has 0 aliphatic rings. The monoisotopic (exact) mass is 275 g/mol. The van der Waals surface area contributed by atoms with Crippen molar-refractivity contribution in [2.45, 2.75) is 6.61 Å². The van der Waals surface area contributed by atoms with E-state index in [1.807, 2.05) is 24.3 Å². The number of nitrogens with two attached hydrogens (primary N) is 1. The van der Waals surface area contributed by atoms with Gasteiger partial charge in [0, 0.05) is 0 Å². The van der Waals surface area contributed by atoms with Crippen LogP contribution in [0.5, 0.6) is 11.6 Å². The first-order valence-corrected chi connectivity index (χ1v) is 5.98. The number of methoxy groups -OCH3 is 1. The summed E-state index contributed by atoms with van der Waals surface area (Å²) in [5, 5.41) is 7.64. The molecule has 0 bridgehead atoms. The van der Waals surface area contributed by atoms with Crippen LogP contribution in [0.25, 0.3) is 0 Å². The number of thiocarbonyl (C=S) groups is 1. The highest BCUT2D eigenvalue weighted by Crippen LogP contribution is 2.16. The van der Waals surface area contributed by atoms with Crippen LogP contribution in [0, 0.1) is 0 Å². The third kappa shape index (κ3) is 3.38. The molecule has 0 fully saturated rings. The number of rotatable bonds is 5. The van der Waals surface area contributed by atoms with Gasteiger partial charge in [-0.2, -0.15) is 5.10 Å². The lowest BCUT2D eigenvalue weighted by Crippen LogP contribution is -2.13. The van der Waals surface area contributed by atoms with Gasteiger partial charge in [0.1, 0.15) is 17.3 Å². The second-order valence-electron chi connectivity index (χ2n) is 3.75. The van der Waals surface area contributed by atoms with E-state index in [2.05, 4.69) is 10.2 Å². The smallest absolute Gasteiger partial charge is 0.244 e. The van der Waals surface area contributed by atoms with Gasteiger partial charge in [0.15, 0.2) is 0 Å². The lowest BCUT2D eigenvalue weighted by Gasteiger charge is -2.08. The Bertz CT molecular complexity index is 572. The Morgan fingerprint density at radius 1 is 1.26 bits per heavy atom. The average molecular weight is 275 g/mol. The van der Waals surface area contributed by atoms with Crippen LogP contribution in [0.3, 0.4) is 0 Å². The molecule has 2 rings (SSSR count). The molecule has 2 aromatic rings. The molecule has 2 N–H and O–H groups in total.